The standard InChI is InChI=1S/C18H14F2N4O2/c1-12-21-22-23-24(12)16(10-13-6-3-2-4-7-13)18(25)26-11-14-8-5-9-15(19)17(14)20/h2-10H,11H2,1H3. The normalized spacial score (nSPS) is 11.4. The van der Waals surface area contributed by atoms with Crippen LogP contribution in [0.5, 0.6) is 0 Å². The third-order valence-electron chi connectivity index (χ3n) is 3.56. The lowest BCUT2D eigenvalue weighted by Gasteiger charge is -2.10. The highest BCUT2D eigenvalue weighted by molar-refractivity contribution is 6.15. The number of ether oxygens (including phenoxy) is 1. The SMILES string of the molecule is Cc1nnnn1C(=Cc1ccccc1)C(=O)OCc1cccc(F)c1F. The second-order valence-electron chi connectivity index (χ2n) is 5.37. The van der Waals surface area contributed by atoms with Gasteiger partial charge in [0.2, 0.25) is 0 Å². The number of carbonyl (C=O) groups is 1. The Balaban J connectivity index is 1.87. The van der Waals surface area contributed by atoms with Crippen LogP contribution in [0, 0.1) is 18.6 Å². The van der Waals surface area contributed by atoms with Crippen LogP contribution in [0.15, 0.2) is 48.5 Å². The summed E-state index contributed by atoms with van der Waals surface area (Å²) in [6, 6.07) is 12.7. The Bertz CT molecular complexity index is 955. The predicted octanol–water partition coefficient (Wildman–Crippen LogP) is 3.00. The predicted molar refractivity (Wildman–Crippen MR) is 89.3 cm³/mol. The molecule has 0 fully saturated rings. The van der Waals surface area contributed by atoms with Gasteiger partial charge >= 0.3 is 5.97 Å². The summed E-state index contributed by atoms with van der Waals surface area (Å²) in [4.78, 5) is 12.5. The average Bonchev–Trinajstić information content (AvgIpc) is 3.07. The lowest BCUT2D eigenvalue weighted by atomic mass is 10.2. The van der Waals surface area contributed by atoms with E-state index in [0.29, 0.717) is 5.82 Å². The molecule has 0 radical (unpaired) electrons. The Morgan fingerprint density at radius 2 is 1.92 bits per heavy atom. The summed E-state index contributed by atoms with van der Waals surface area (Å²) in [6.45, 7) is 1.20. The summed E-state index contributed by atoms with van der Waals surface area (Å²) in [5.41, 5.74) is 0.715. The highest BCUT2D eigenvalue weighted by Crippen LogP contribution is 2.17. The Hall–Kier alpha value is -3.42. The molecule has 0 spiro atoms. The van der Waals surface area contributed by atoms with Gasteiger partial charge in [0, 0.05) is 5.56 Å². The summed E-state index contributed by atoms with van der Waals surface area (Å²) < 4.78 is 33.4. The third kappa shape index (κ3) is 3.80. The molecular formula is C18H14F2N4O2. The molecule has 0 N–H and O–H groups in total. The molecule has 0 unspecified atom stereocenters. The van der Waals surface area contributed by atoms with Crippen molar-refractivity contribution in [1.82, 2.24) is 20.2 Å². The Morgan fingerprint density at radius 1 is 1.15 bits per heavy atom. The van der Waals surface area contributed by atoms with Crippen molar-refractivity contribution >= 4 is 17.7 Å². The van der Waals surface area contributed by atoms with E-state index in [1.807, 2.05) is 18.2 Å². The highest BCUT2D eigenvalue weighted by Gasteiger charge is 2.19. The van der Waals surface area contributed by atoms with E-state index in [2.05, 4.69) is 15.5 Å². The number of hydrogen-bond donors (Lipinski definition) is 0. The van der Waals surface area contributed by atoms with Crippen LogP contribution in [-0.2, 0) is 16.1 Å². The topological polar surface area (TPSA) is 69.9 Å². The van der Waals surface area contributed by atoms with Gasteiger partial charge in [-0.2, -0.15) is 4.68 Å². The molecule has 8 heteroatoms. The van der Waals surface area contributed by atoms with Crippen LogP contribution in [-0.4, -0.2) is 26.2 Å². The molecule has 0 amide bonds. The van der Waals surface area contributed by atoms with Crippen molar-refractivity contribution in [2.75, 3.05) is 0 Å². The summed E-state index contributed by atoms with van der Waals surface area (Å²) >= 11 is 0. The molecule has 132 valence electrons. The van der Waals surface area contributed by atoms with E-state index in [1.165, 1.54) is 16.8 Å². The quantitative estimate of drug-likeness (QED) is 0.519. The number of rotatable bonds is 5. The summed E-state index contributed by atoms with van der Waals surface area (Å²) in [6.07, 6.45) is 1.55. The molecule has 3 aromatic rings. The van der Waals surface area contributed by atoms with Gasteiger partial charge in [0.1, 0.15) is 6.61 Å². The van der Waals surface area contributed by atoms with E-state index in [1.54, 1.807) is 25.1 Å². The minimum absolute atomic E-state index is 0.0514. The zero-order valence-electron chi connectivity index (χ0n) is 13.8. The lowest BCUT2D eigenvalue weighted by Crippen LogP contribution is -2.15. The smallest absolute Gasteiger partial charge is 0.357 e. The molecule has 0 aliphatic rings. The summed E-state index contributed by atoms with van der Waals surface area (Å²) in [5.74, 6) is -2.45. The van der Waals surface area contributed by atoms with Crippen LogP contribution < -0.4 is 0 Å². The largest absolute Gasteiger partial charge is 0.456 e. The van der Waals surface area contributed by atoms with Gasteiger partial charge in [0.05, 0.1) is 0 Å². The third-order valence-corrected chi connectivity index (χ3v) is 3.56. The fourth-order valence-electron chi connectivity index (χ4n) is 2.25. The second-order valence-corrected chi connectivity index (χ2v) is 5.37. The minimum atomic E-state index is -1.05. The number of nitrogens with zero attached hydrogens (tertiary/aromatic N) is 4. The fraction of sp³-hybridized carbons (Fsp3) is 0.111. The van der Waals surface area contributed by atoms with Crippen molar-refractivity contribution in [1.29, 1.82) is 0 Å². The molecule has 0 bridgehead atoms. The second kappa shape index (κ2) is 7.64. The monoisotopic (exact) mass is 356 g/mol. The number of esters is 1. The number of aromatic nitrogens is 4. The van der Waals surface area contributed by atoms with Crippen LogP contribution in [0.25, 0.3) is 11.8 Å². The first-order chi connectivity index (χ1) is 12.6. The van der Waals surface area contributed by atoms with E-state index in [0.717, 1.165) is 11.6 Å². The summed E-state index contributed by atoms with van der Waals surface area (Å²) in [7, 11) is 0. The van der Waals surface area contributed by atoms with E-state index < -0.39 is 24.2 Å². The van der Waals surface area contributed by atoms with E-state index in [9.17, 15) is 13.6 Å². The zero-order valence-corrected chi connectivity index (χ0v) is 13.8. The van der Waals surface area contributed by atoms with Gasteiger partial charge in [-0.3, -0.25) is 0 Å². The maximum absolute atomic E-state index is 13.7. The zero-order chi connectivity index (χ0) is 18.5. The van der Waals surface area contributed by atoms with Crippen molar-refractivity contribution in [3.63, 3.8) is 0 Å². The maximum Gasteiger partial charge on any atom is 0.357 e. The van der Waals surface area contributed by atoms with Crippen molar-refractivity contribution in [3.05, 3.63) is 77.1 Å². The Labute approximate surface area is 147 Å². The Kier molecular flexibility index (Phi) is 5.12. The van der Waals surface area contributed by atoms with E-state index in [4.69, 9.17) is 4.74 Å². The first-order valence-corrected chi connectivity index (χ1v) is 7.68. The lowest BCUT2D eigenvalue weighted by molar-refractivity contribution is -0.138. The maximum atomic E-state index is 13.7. The van der Waals surface area contributed by atoms with Crippen molar-refractivity contribution in [2.45, 2.75) is 13.5 Å². The number of hydrogen-bond acceptors (Lipinski definition) is 5. The van der Waals surface area contributed by atoms with E-state index >= 15 is 0 Å². The van der Waals surface area contributed by atoms with Crippen LogP contribution in [0.2, 0.25) is 0 Å². The van der Waals surface area contributed by atoms with Gasteiger partial charge < -0.3 is 4.74 Å². The average molecular weight is 356 g/mol. The number of tetrazole rings is 1. The van der Waals surface area contributed by atoms with E-state index in [-0.39, 0.29) is 11.3 Å². The molecule has 3 rings (SSSR count). The molecular weight excluding hydrogens is 342 g/mol. The minimum Gasteiger partial charge on any atom is -0.456 e. The molecule has 0 saturated heterocycles. The number of benzene rings is 2. The molecule has 26 heavy (non-hydrogen) atoms. The van der Waals surface area contributed by atoms with Crippen molar-refractivity contribution in [3.8, 4) is 0 Å². The molecule has 2 aromatic carbocycles. The van der Waals surface area contributed by atoms with Gasteiger partial charge in [-0.25, -0.2) is 13.6 Å². The molecule has 0 aliphatic carbocycles. The fourth-order valence-corrected chi connectivity index (χ4v) is 2.25. The van der Waals surface area contributed by atoms with Gasteiger partial charge in [-0.05, 0) is 35.1 Å². The van der Waals surface area contributed by atoms with Crippen molar-refractivity contribution < 1.29 is 18.3 Å². The van der Waals surface area contributed by atoms with Crippen LogP contribution in [0.1, 0.15) is 17.0 Å². The molecule has 1 aromatic heterocycles. The molecule has 0 atom stereocenters. The molecule has 6 nitrogen and oxygen atoms in total. The van der Waals surface area contributed by atoms with Crippen LogP contribution in [0.3, 0.4) is 0 Å². The van der Waals surface area contributed by atoms with Gasteiger partial charge in [0.15, 0.2) is 23.2 Å². The highest BCUT2D eigenvalue weighted by atomic mass is 19.2. The van der Waals surface area contributed by atoms with Crippen LogP contribution in [0.4, 0.5) is 8.78 Å². The first-order valence-electron chi connectivity index (χ1n) is 7.68. The van der Waals surface area contributed by atoms with Gasteiger partial charge in [0.25, 0.3) is 0 Å². The first kappa shape index (κ1) is 17.4. The van der Waals surface area contributed by atoms with Gasteiger partial charge in [-0.1, -0.05) is 42.5 Å². The molecule has 1 heterocycles. The molecule has 0 saturated carbocycles. The summed E-state index contributed by atoms with van der Waals surface area (Å²) in [5, 5.41) is 11.0. The van der Waals surface area contributed by atoms with Gasteiger partial charge in [-0.15, -0.1) is 5.10 Å². The Morgan fingerprint density at radius 3 is 2.62 bits per heavy atom. The molecule has 0 aliphatic heterocycles. The van der Waals surface area contributed by atoms with Crippen LogP contribution >= 0.6 is 0 Å². The number of aryl methyl sites for hydroxylation is 1. The van der Waals surface area contributed by atoms with Crippen molar-refractivity contribution in [2.24, 2.45) is 0 Å². The number of halogens is 2. The number of carbonyl (C=O) groups excluding carboxylic acids is 1.